The van der Waals surface area contributed by atoms with E-state index in [1.165, 1.54) is 0 Å². The van der Waals surface area contributed by atoms with E-state index in [-0.39, 0.29) is 10.8 Å². The molecule has 0 saturated heterocycles. The SMILES string of the molecule is CCCCCOc1ccc(OCCCC)c(F)c1Cl. The molecule has 19 heavy (non-hydrogen) atoms. The zero-order valence-electron chi connectivity index (χ0n) is 11.7. The molecule has 0 atom stereocenters. The highest BCUT2D eigenvalue weighted by molar-refractivity contribution is 6.32. The zero-order valence-corrected chi connectivity index (χ0v) is 12.4. The number of halogens is 2. The molecule has 0 radical (unpaired) electrons. The van der Waals surface area contributed by atoms with Gasteiger partial charge in [-0.3, -0.25) is 0 Å². The third-order valence-corrected chi connectivity index (χ3v) is 3.12. The fourth-order valence-corrected chi connectivity index (χ4v) is 1.81. The smallest absolute Gasteiger partial charge is 0.187 e. The maximum Gasteiger partial charge on any atom is 0.187 e. The summed E-state index contributed by atoms with van der Waals surface area (Å²) in [6, 6.07) is 3.24. The first kappa shape index (κ1) is 16.1. The molecule has 1 aromatic rings. The van der Waals surface area contributed by atoms with Crippen LogP contribution in [0.5, 0.6) is 11.5 Å². The van der Waals surface area contributed by atoms with Crippen molar-refractivity contribution in [2.24, 2.45) is 0 Å². The van der Waals surface area contributed by atoms with Crippen molar-refractivity contribution < 1.29 is 13.9 Å². The molecule has 0 aliphatic heterocycles. The van der Waals surface area contributed by atoms with Crippen LogP contribution in [-0.4, -0.2) is 13.2 Å². The van der Waals surface area contributed by atoms with E-state index in [1.807, 2.05) is 0 Å². The Balaban J connectivity index is 2.58. The van der Waals surface area contributed by atoms with Crippen LogP contribution < -0.4 is 9.47 Å². The first-order valence-electron chi connectivity index (χ1n) is 6.94. The largest absolute Gasteiger partial charge is 0.492 e. The Kier molecular flexibility index (Phi) is 7.65. The van der Waals surface area contributed by atoms with E-state index < -0.39 is 5.82 Å². The van der Waals surface area contributed by atoms with Crippen LogP contribution >= 0.6 is 11.6 Å². The lowest BCUT2D eigenvalue weighted by Crippen LogP contribution is -2.02. The van der Waals surface area contributed by atoms with E-state index in [1.54, 1.807) is 12.1 Å². The van der Waals surface area contributed by atoms with Gasteiger partial charge in [-0.05, 0) is 25.0 Å². The van der Waals surface area contributed by atoms with Crippen LogP contribution in [0.25, 0.3) is 0 Å². The third kappa shape index (κ3) is 5.27. The number of unbranched alkanes of at least 4 members (excludes halogenated alkanes) is 3. The summed E-state index contributed by atoms with van der Waals surface area (Å²) in [5.41, 5.74) is 0. The molecule has 2 nitrogen and oxygen atoms in total. The Bertz CT molecular complexity index is 383. The predicted molar refractivity (Wildman–Crippen MR) is 76.8 cm³/mol. The van der Waals surface area contributed by atoms with Crippen LogP contribution in [0.3, 0.4) is 0 Å². The van der Waals surface area contributed by atoms with Crippen molar-refractivity contribution in [2.45, 2.75) is 46.0 Å². The fraction of sp³-hybridized carbons (Fsp3) is 0.600. The van der Waals surface area contributed by atoms with Crippen LogP contribution in [0.1, 0.15) is 46.0 Å². The first-order valence-corrected chi connectivity index (χ1v) is 7.32. The Labute approximate surface area is 119 Å². The maximum absolute atomic E-state index is 13.9. The van der Waals surface area contributed by atoms with E-state index in [2.05, 4.69) is 13.8 Å². The third-order valence-electron chi connectivity index (χ3n) is 2.77. The number of ether oxygens (including phenoxy) is 2. The Hall–Kier alpha value is -0.960. The summed E-state index contributed by atoms with van der Waals surface area (Å²) in [5.74, 6) is 0.0447. The van der Waals surface area contributed by atoms with Gasteiger partial charge in [-0.1, -0.05) is 44.7 Å². The van der Waals surface area contributed by atoms with Gasteiger partial charge in [0.1, 0.15) is 10.8 Å². The van der Waals surface area contributed by atoms with Gasteiger partial charge in [0.15, 0.2) is 11.6 Å². The molecule has 0 spiro atoms. The highest BCUT2D eigenvalue weighted by atomic mass is 35.5. The van der Waals surface area contributed by atoms with Crippen molar-refractivity contribution >= 4 is 11.6 Å². The minimum absolute atomic E-state index is 0.00509. The summed E-state index contributed by atoms with van der Waals surface area (Å²) in [6.45, 7) is 5.23. The topological polar surface area (TPSA) is 18.5 Å². The first-order chi connectivity index (χ1) is 9.20. The van der Waals surface area contributed by atoms with Crippen molar-refractivity contribution in [3.8, 4) is 11.5 Å². The van der Waals surface area contributed by atoms with Gasteiger partial charge in [-0.15, -0.1) is 0 Å². The van der Waals surface area contributed by atoms with E-state index in [0.717, 1.165) is 32.1 Å². The van der Waals surface area contributed by atoms with E-state index in [9.17, 15) is 4.39 Å². The van der Waals surface area contributed by atoms with Crippen molar-refractivity contribution in [1.29, 1.82) is 0 Å². The maximum atomic E-state index is 13.9. The van der Waals surface area contributed by atoms with Gasteiger partial charge in [-0.25, -0.2) is 4.39 Å². The molecule has 0 fully saturated rings. The summed E-state index contributed by atoms with van der Waals surface area (Å²) in [6.07, 6.45) is 5.07. The average molecular weight is 289 g/mol. The second-order valence-corrected chi connectivity index (χ2v) is 4.83. The van der Waals surface area contributed by atoms with Crippen LogP contribution in [0.2, 0.25) is 5.02 Å². The fourth-order valence-electron chi connectivity index (χ4n) is 1.60. The minimum Gasteiger partial charge on any atom is -0.492 e. The predicted octanol–water partition coefficient (Wildman–Crippen LogP) is 5.23. The van der Waals surface area contributed by atoms with Crippen LogP contribution in [0.15, 0.2) is 12.1 Å². The van der Waals surface area contributed by atoms with Gasteiger partial charge in [0.25, 0.3) is 0 Å². The number of hydrogen-bond donors (Lipinski definition) is 0. The molecule has 0 amide bonds. The van der Waals surface area contributed by atoms with Crippen LogP contribution in [0.4, 0.5) is 4.39 Å². The van der Waals surface area contributed by atoms with Crippen molar-refractivity contribution in [2.75, 3.05) is 13.2 Å². The summed E-state index contributed by atoms with van der Waals surface area (Å²) in [5, 5.41) is 0.00509. The van der Waals surface area contributed by atoms with Crippen LogP contribution in [0, 0.1) is 5.82 Å². The molecular formula is C15H22ClFO2. The molecule has 0 N–H and O–H groups in total. The summed E-state index contributed by atoms with van der Waals surface area (Å²) < 4.78 is 24.7. The monoisotopic (exact) mass is 288 g/mol. The molecule has 1 rings (SSSR count). The van der Waals surface area contributed by atoms with E-state index in [0.29, 0.717) is 19.0 Å². The van der Waals surface area contributed by atoms with E-state index >= 15 is 0 Å². The van der Waals surface area contributed by atoms with Gasteiger partial charge in [-0.2, -0.15) is 0 Å². The Morgan fingerprint density at radius 3 is 2.21 bits per heavy atom. The molecule has 1 aromatic carbocycles. The minimum atomic E-state index is -0.536. The van der Waals surface area contributed by atoms with Crippen molar-refractivity contribution in [1.82, 2.24) is 0 Å². The number of rotatable bonds is 9. The van der Waals surface area contributed by atoms with Crippen molar-refractivity contribution in [3.05, 3.63) is 23.0 Å². The second-order valence-electron chi connectivity index (χ2n) is 4.45. The molecule has 0 aliphatic carbocycles. The average Bonchev–Trinajstić information content (AvgIpc) is 2.42. The quantitative estimate of drug-likeness (QED) is 0.580. The number of hydrogen-bond acceptors (Lipinski definition) is 2. The molecule has 4 heteroatoms. The van der Waals surface area contributed by atoms with Gasteiger partial charge < -0.3 is 9.47 Å². The van der Waals surface area contributed by atoms with E-state index in [4.69, 9.17) is 21.1 Å². The second kappa shape index (κ2) is 9.03. The van der Waals surface area contributed by atoms with Gasteiger partial charge in [0, 0.05) is 0 Å². The summed E-state index contributed by atoms with van der Waals surface area (Å²) >= 11 is 5.94. The molecule has 0 heterocycles. The molecule has 108 valence electrons. The highest BCUT2D eigenvalue weighted by Gasteiger charge is 2.13. The summed E-state index contributed by atoms with van der Waals surface area (Å²) in [7, 11) is 0. The molecule has 0 aliphatic rings. The lowest BCUT2D eigenvalue weighted by Gasteiger charge is -2.11. The lowest BCUT2D eigenvalue weighted by atomic mass is 10.2. The van der Waals surface area contributed by atoms with Gasteiger partial charge in [0.2, 0.25) is 0 Å². The summed E-state index contributed by atoms with van der Waals surface area (Å²) in [4.78, 5) is 0. The highest BCUT2D eigenvalue weighted by Crippen LogP contribution is 2.33. The van der Waals surface area contributed by atoms with Gasteiger partial charge in [0.05, 0.1) is 13.2 Å². The zero-order chi connectivity index (χ0) is 14.1. The molecule has 0 saturated carbocycles. The Morgan fingerprint density at radius 2 is 1.53 bits per heavy atom. The van der Waals surface area contributed by atoms with Crippen molar-refractivity contribution in [3.63, 3.8) is 0 Å². The normalized spacial score (nSPS) is 10.5. The molecule has 0 unspecified atom stereocenters. The number of benzene rings is 1. The Morgan fingerprint density at radius 1 is 0.947 bits per heavy atom. The standard InChI is InChI=1S/C15H22ClFO2/c1-3-5-7-11-18-12-8-9-13(15(17)14(12)16)19-10-6-4-2/h8-9H,3-7,10-11H2,1-2H3. The molecule has 0 aromatic heterocycles. The van der Waals surface area contributed by atoms with Gasteiger partial charge >= 0.3 is 0 Å². The molecular weight excluding hydrogens is 267 g/mol. The molecule has 0 bridgehead atoms. The lowest BCUT2D eigenvalue weighted by molar-refractivity contribution is 0.286. The van der Waals surface area contributed by atoms with Crippen LogP contribution in [-0.2, 0) is 0 Å².